The molecule has 1 saturated carbocycles. The number of halogens is 1. The van der Waals surface area contributed by atoms with E-state index in [9.17, 15) is 8.42 Å². The third kappa shape index (κ3) is 4.68. The lowest BCUT2D eigenvalue weighted by Gasteiger charge is -2.12. The molecular formula is C15H23ClN2O2S. The van der Waals surface area contributed by atoms with Crippen LogP contribution in [-0.4, -0.2) is 21.5 Å². The van der Waals surface area contributed by atoms with Crippen molar-refractivity contribution in [2.75, 3.05) is 13.1 Å². The van der Waals surface area contributed by atoms with Gasteiger partial charge in [-0.15, -0.1) is 0 Å². The largest absolute Gasteiger partial charge is 0.313 e. The minimum atomic E-state index is -3.47. The molecule has 0 aromatic heterocycles. The highest BCUT2D eigenvalue weighted by Gasteiger charge is 2.38. The molecule has 21 heavy (non-hydrogen) atoms. The van der Waals surface area contributed by atoms with Crippen molar-refractivity contribution < 1.29 is 8.42 Å². The predicted molar refractivity (Wildman–Crippen MR) is 86.0 cm³/mol. The van der Waals surface area contributed by atoms with Gasteiger partial charge in [-0.3, -0.25) is 0 Å². The quantitative estimate of drug-likeness (QED) is 0.720. The van der Waals surface area contributed by atoms with Crippen LogP contribution < -0.4 is 10.0 Å². The molecule has 1 fully saturated rings. The van der Waals surface area contributed by atoms with E-state index in [0.29, 0.717) is 18.1 Å². The number of hydrogen-bond donors (Lipinski definition) is 2. The van der Waals surface area contributed by atoms with Crippen LogP contribution in [0.15, 0.2) is 23.1 Å². The molecule has 1 aromatic carbocycles. The average molecular weight is 331 g/mol. The summed E-state index contributed by atoms with van der Waals surface area (Å²) in [6.07, 6.45) is 3.21. The van der Waals surface area contributed by atoms with Gasteiger partial charge in [0.1, 0.15) is 0 Å². The van der Waals surface area contributed by atoms with Crippen LogP contribution >= 0.6 is 11.6 Å². The van der Waals surface area contributed by atoms with Crippen LogP contribution in [0.2, 0.25) is 5.02 Å². The Hall–Kier alpha value is -0.620. The monoisotopic (exact) mass is 330 g/mol. The number of benzene rings is 1. The molecule has 2 rings (SSSR count). The molecular weight excluding hydrogens is 308 g/mol. The first-order chi connectivity index (χ1) is 9.86. The lowest BCUT2D eigenvalue weighted by molar-refractivity contribution is 0.530. The molecule has 0 saturated heterocycles. The van der Waals surface area contributed by atoms with Crippen LogP contribution in [0.1, 0.15) is 38.7 Å². The third-order valence-corrected chi connectivity index (χ3v) is 5.62. The summed E-state index contributed by atoms with van der Waals surface area (Å²) in [4.78, 5) is 0.232. The second kappa shape index (κ2) is 6.65. The molecule has 0 atom stereocenters. The van der Waals surface area contributed by atoms with Crippen molar-refractivity contribution in [2.24, 2.45) is 5.41 Å². The Morgan fingerprint density at radius 2 is 2.05 bits per heavy atom. The zero-order valence-corrected chi connectivity index (χ0v) is 14.1. The third-order valence-electron chi connectivity index (χ3n) is 3.87. The molecule has 6 heteroatoms. The zero-order valence-electron chi connectivity index (χ0n) is 12.6. The smallest absolute Gasteiger partial charge is 0.240 e. The number of rotatable bonds is 8. The topological polar surface area (TPSA) is 58.2 Å². The van der Waals surface area contributed by atoms with Crippen molar-refractivity contribution in [3.8, 4) is 0 Å². The summed E-state index contributed by atoms with van der Waals surface area (Å²) in [5.41, 5.74) is 1.05. The fourth-order valence-electron chi connectivity index (χ4n) is 1.98. The normalized spacial score (nSPS) is 16.9. The molecule has 0 radical (unpaired) electrons. The van der Waals surface area contributed by atoms with E-state index < -0.39 is 10.0 Å². The molecule has 0 spiro atoms. The van der Waals surface area contributed by atoms with E-state index in [4.69, 9.17) is 11.6 Å². The minimum absolute atomic E-state index is 0.140. The second-order valence-electron chi connectivity index (χ2n) is 6.07. The summed E-state index contributed by atoms with van der Waals surface area (Å²) in [5, 5.41) is 3.74. The molecule has 0 unspecified atom stereocenters. The van der Waals surface area contributed by atoms with Gasteiger partial charge in [0.05, 0.1) is 4.90 Å². The van der Waals surface area contributed by atoms with Crippen molar-refractivity contribution in [1.29, 1.82) is 0 Å². The number of sulfonamides is 1. The minimum Gasteiger partial charge on any atom is -0.313 e. The van der Waals surface area contributed by atoms with Gasteiger partial charge in [0, 0.05) is 18.1 Å². The van der Waals surface area contributed by atoms with Gasteiger partial charge in [-0.05, 0) is 48.9 Å². The second-order valence-corrected chi connectivity index (χ2v) is 8.24. The molecule has 1 aliphatic carbocycles. The highest BCUT2D eigenvalue weighted by atomic mass is 35.5. The highest BCUT2D eigenvalue weighted by molar-refractivity contribution is 7.89. The van der Waals surface area contributed by atoms with Crippen LogP contribution in [0.5, 0.6) is 0 Å². The summed E-state index contributed by atoms with van der Waals surface area (Å²) >= 11 is 6.18. The summed E-state index contributed by atoms with van der Waals surface area (Å²) in [6.45, 7) is 6.24. The van der Waals surface area contributed by atoms with Crippen LogP contribution in [0.3, 0.4) is 0 Å². The Balaban J connectivity index is 2.03. The Kier molecular flexibility index (Phi) is 5.30. The van der Waals surface area contributed by atoms with Gasteiger partial charge in [0.2, 0.25) is 10.0 Å². The zero-order chi connectivity index (χ0) is 15.5. The molecule has 118 valence electrons. The van der Waals surface area contributed by atoms with Gasteiger partial charge in [-0.25, -0.2) is 13.1 Å². The lowest BCUT2D eigenvalue weighted by Crippen LogP contribution is -2.29. The summed E-state index contributed by atoms with van der Waals surface area (Å²) in [7, 11) is -3.47. The Morgan fingerprint density at radius 1 is 1.33 bits per heavy atom. The number of hydrogen-bond acceptors (Lipinski definition) is 3. The van der Waals surface area contributed by atoms with E-state index in [-0.39, 0.29) is 10.3 Å². The van der Waals surface area contributed by atoms with Crippen molar-refractivity contribution >= 4 is 21.6 Å². The summed E-state index contributed by atoms with van der Waals surface area (Å²) in [5.74, 6) is 0. The predicted octanol–water partition coefficient (Wildman–Crippen LogP) is 2.92. The van der Waals surface area contributed by atoms with E-state index in [1.807, 2.05) is 0 Å². The maximum Gasteiger partial charge on any atom is 0.240 e. The first-order valence-electron chi connectivity index (χ1n) is 7.35. The Bertz CT molecular complexity index is 598. The van der Waals surface area contributed by atoms with Crippen LogP contribution in [0.25, 0.3) is 0 Å². The molecule has 0 aliphatic heterocycles. The van der Waals surface area contributed by atoms with E-state index in [2.05, 4.69) is 23.9 Å². The van der Waals surface area contributed by atoms with Crippen molar-refractivity contribution in [1.82, 2.24) is 10.0 Å². The highest BCUT2D eigenvalue weighted by Crippen LogP contribution is 2.44. The molecule has 4 nitrogen and oxygen atoms in total. The van der Waals surface area contributed by atoms with Crippen LogP contribution in [0.4, 0.5) is 0 Å². The maximum absolute atomic E-state index is 12.2. The standard InChI is InChI=1S/C15H23ClN2O2S/c1-3-8-17-10-12-4-5-13(9-14(12)16)21(19,20)18-11-15(2)6-7-15/h4-5,9,17-18H,3,6-8,10-11H2,1-2H3. The SMILES string of the molecule is CCCNCc1ccc(S(=O)(=O)NCC2(C)CC2)cc1Cl. The van der Waals surface area contributed by atoms with Crippen molar-refractivity contribution in [3.63, 3.8) is 0 Å². The lowest BCUT2D eigenvalue weighted by atomic mass is 10.2. The first kappa shape index (κ1) is 16.7. The Morgan fingerprint density at radius 3 is 2.62 bits per heavy atom. The van der Waals surface area contributed by atoms with Gasteiger partial charge in [-0.1, -0.05) is 31.5 Å². The molecule has 0 heterocycles. The van der Waals surface area contributed by atoms with Crippen molar-refractivity contribution in [2.45, 2.75) is 44.6 Å². The maximum atomic E-state index is 12.2. The summed E-state index contributed by atoms with van der Waals surface area (Å²) in [6, 6.07) is 4.92. The number of nitrogens with one attached hydrogen (secondary N) is 2. The van der Waals surface area contributed by atoms with E-state index >= 15 is 0 Å². The molecule has 1 aromatic rings. The van der Waals surface area contributed by atoms with Gasteiger partial charge < -0.3 is 5.32 Å². The summed E-state index contributed by atoms with van der Waals surface area (Å²) < 4.78 is 27.2. The van der Waals surface area contributed by atoms with Gasteiger partial charge >= 0.3 is 0 Å². The van der Waals surface area contributed by atoms with Crippen LogP contribution in [0, 0.1) is 5.41 Å². The fourth-order valence-corrected chi connectivity index (χ4v) is 3.52. The molecule has 0 bridgehead atoms. The van der Waals surface area contributed by atoms with Gasteiger partial charge in [-0.2, -0.15) is 0 Å². The molecule has 2 N–H and O–H groups in total. The Labute approximate surface area is 132 Å². The molecule has 1 aliphatic rings. The van der Waals surface area contributed by atoms with Crippen molar-refractivity contribution in [3.05, 3.63) is 28.8 Å². The first-order valence-corrected chi connectivity index (χ1v) is 9.21. The van der Waals surface area contributed by atoms with E-state index in [1.165, 1.54) is 6.07 Å². The van der Waals surface area contributed by atoms with Gasteiger partial charge in [0.15, 0.2) is 0 Å². The van der Waals surface area contributed by atoms with E-state index in [1.54, 1.807) is 12.1 Å². The van der Waals surface area contributed by atoms with Gasteiger partial charge in [0.25, 0.3) is 0 Å². The van der Waals surface area contributed by atoms with E-state index in [0.717, 1.165) is 31.4 Å². The fraction of sp³-hybridized carbons (Fsp3) is 0.600. The van der Waals surface area contributed by atoms with Crippen LogP contribution in [-0.2, 0) is 16.6 Å². The average Bonchev–Trinajstić information content (AvgIpc) is 3.17. The molecule has 0 amide bonds.